The Morgan fingerprint density at radius 3 is 1.72 bits per heavy atom. The van der Waals surface area contributed by atoms with Crippen molar-refractivity contribution in [1.29, 1.82) is 0 Å². The standard InChI is InChI=1S/C29H26F2O/c1-20(24-5-3-2-4-6-24)17-22-11-15-26(16-12-22)25-13-9-21(10-14-25)7-8-23-18-27(30)29(32)28(31)19-23/h2-6,9-16,18-20,32H,7-8,17H2,1H3/t20-/m1/s1. The summed E-state index contributed by atoms with van der Waals surface area (Å²) in [7, 11) is 0. The lowest BCUT2D eigenvalue weighted by atomic mass is 9.93. The van der Waals surface area contributed by atoms with Crippen molar-refractivity contribution < 1.29 is 13.9 Å². The Balaban J connectivity index is 1.37. The van der Waals surface area contributed by atoms with E-state index in [0.717, 1.165) is 23.1 Å². The minimum atomic E-state index is -0.919. The predicted octanol–water partition coefficient (Wildman–Crippen LogP) is 7.47. The Labute approximate surface area is 188 Å². The Bertz CT molecular complexity index is 1140. The van der Waals surface area contributed by atoms with Gasteiger partial charge in [-0.3, -0.25) is 0 Å². The van der Waals surface area contributed by atoms with Crippen LogP contribution in [0.3, 0.4) is 0 Å². The molecule has 0 fully saturated rings. The molecule has 0 aliphatic carbocycles. The lowest BCUT2D eigenvalue weighted by molar-refractivity contribution is 0.395. The van der Waals surface area contributed by atoms with Crippen molar-refractivity contribution in [2.45, 2.75) is 32.1 Å². The lowest BCUT2D eigenvalue weighted by Crippen LogP contribution is -1.98. The van der Waals surface area contributed by atoms with Crippen molar-refractivity contribution in [1.82, 2.24) is 0 Å². The van der Waals surface area contributed by atoms with Gasteiger partial charge >= 0.3 is 0 Å². The maximum atomic E-state index is 13.5. The Hall–Kier alpha value is -3.46. The lowest BCUT2D eigenvalue weighted by Gasteiger charge is -2.12. The zero-order valence-electron chi connectivity index (χ0n) is 18.1. The number of phenolic OH excluding ortho intramolecular Hbond substituents is 1. The fourth-order valence-corrected chi connectivity index (χ4v) is 4.00. The number of rotatable bonds is 7. The predicted molar refractivity (Wildman–Crippen MR) is 126 cm³/mol. The number of halogens is 2. The molecule has 0 saturated carbocycles. The summed E-state index contributed by atoms with van der Waals surface area (Å²) < 4.78 is 27.0. The smallest absolute Gasteiger partial charge is 0.187 e. The van der Waals surface area contributed by atoms with Crippen LogP contribution in [0.4, 0.5) is 8.78 Å². The van der Waals surface area contributed by atoms with Gasteiger partial charge in [-0.1, -0.05) is 85.8 Å². The highest BCUT2D eigenvalue weighted by Crippen LogP contribution is 2.25. The molecular formula is C29H26F2O. The molecule has 3 heteroatoms. The van der Waals surface area contributed by atoms with Crippen LogP contribution in [0.25, 0.3) is 11.1 Å². The van der Waals surface area contributed by atoms with E-state index in [1.807, 2.05) is 18.2 Å². The van der Waals surface area contributed by atoms with Gasteiger partial charge in [0, 0.05) is 0 Å². The molecule has 0 saturated heterocycles. The zero-order valence-corrected chi connectivity index (χ0v) is 18.1. The molecule has 0 aliphatic rings. The molecule has 0 radical (unpaired) electrons. The Kier molecular flexibility index (Phi) is 6.65. The van der Waals surface area contributed by atoms with Crippen molar-refractivity contribution in [3.8, 4) is 16.9 Å². The molecule has 162 valence electrons. The molecule has 1 nitrogen and oxygen atoms in total. The normalized spacial score (nSPS) is 12.0. The van der Waals surface area contributed by atoms with E-state index in [1.165, 1.54) is 23.3 Å². The fourth-order valence-electron chi connectivity index (χ4n) is 4.00. The van der Waals surface area contributed by atoms with Gasteiger partial charge in [0.25, 0.3) is 0 Å². The summed E-state index contributed by atoms with van der Waals surface area (Å²) in [5, 5.41) is 9.22. The molecule has 32 heavy (non-hydrogen) atoms. The van der Waals surface area contributed by atoms with E-state index in [0.29, 0.717) is 24.3 Å². The molecule has 4 aromatic rings. The van der Waals surface area contributed by atoms with Crippen molar-refractivity contribution >= 4 is 0 Å². The van der Waals surface area contributed by atoms with Crippen LogP contribution < -0.4 is 0 Å². The van der Waals surface area contributed by atoms with Crippen molar-refractivity contribution in [2.75, 3.05) is 0 Å². The average Bonchev–Trinajstić information content (AvgIpc) is 2.82. The first-order valence-corrected chi connectivity index (χ1v) is 10.9. The molecule has 0 amide bonds. The number of aryl methyl sites for hydroxylation is 2. The van der Waals surface area contributed by atoms with E-state index >= 15 is 0 Å². The highest BCUT2D eigenvalue weighted by atomic mass is 19.1. The maximum absolute atomic E-state index is 13.5. The van der Waals surface area contributed by atoms with Gasteiger partial charge in [0.05, 0.1) is 0 Å². The molecule has 1 N–H and O–H groups in total. The number of hydrogen-bond donors (Lipinski definition) is 1. The molecule has 0 spiro atoms. The molecule has 0 aliphatic heterocycles. The number of aromatic hydroxyl groups is 1. The summed E-state index contributed by atoms with van der Waals surface area (Å²) in [6.45, 7) is 2.25. The van der Waals surface area contributed by atoms with Gasteiger partial charge in [-0.05, 0) is 70.7 Å². The fraction of sp³-hybridized carbons (Fsp3) is 0.172. The quantitative estimate of drug-likeness (QED) is 0.324. The first kappa shape index (κ1) is 21.8. The second-order valence-electron chi connectivity index (χ2n) is 8.32. The second-order valence-corrected chi connectivity index (χ2v) is 8.32. The molecule has 4 aromatic carbocycles. The van der Waals surface area contributed by atoms with Gasteiger partial charge < -0.3 is 5.11 Å². The SMILES string of the molecule is C[C@H](Cc1ccc(-c2ccc(CCc3cc(F)c(O)c(F)c3)cc2)cc1)c1ccccc1. The van der Waals surface area contributed by atoms with Crippen LogP contribution in [0.1, 0.15) is 35.1 Å². The van der Waals surface area contributed by atoms with Crippen LogP contribution in [-0.2, 0) is 19.3 Å². The van der Waals surface area contributed by atoms with Crippen LogP contribution in [0.2, 0.25) is 0 Å². The third kappa shape index (κ3) is 5.23. The minimum absolute atomic E-state index is 0.469. The highest BCUT2D eigenvalue weighted by molar-refractivity contribution is 5.64. The second kappa shape index (κ2) is 9.78. The molecular weight excluding hydrogens is 402 g/mol. The molecule has 0 bridgehead atoms. The van der Waals surface area contributed by atoms with E-state index in [4.69, 9.17) is 0 Å². The highest BCUT2D eigenvalue weighted by Gasteiger charge is 2.10. The van der Waals surface area contributed by atoms with Gasteiger partial charge in [-0.2, -0.15) is 0 Å². The first-order valence-electron chi connectivity index (χ1n) is 10.9. The van der Waals surface area contributed by atoms with Crippen molar-refractivity contribution in [3.63, 3.8) is 0 Å². The number of phenols is 1. The largest absolute Gasteiger partial charge is 0.503 e. The Morgan fingerprint density at radius 2 is 1.16 bits per heavy atom. The van der Waals surface area contributed by atoms with Gasteiger partial charge in [0.15, 0.2) is 17.4 Å². The van der Waals surface area contributed by atoms with E-state index in [2.05, 4.69) is 67.6 Å². The molecule has 0 aromatic heterocycles. The third-order valence-electron chi connectivity index (χ3n) is 5.93. The Morgan fingerprint density at radius 1 is 0.656 bits per heavy atom. The average molecular weight is 429 g/mol. The molecule has 1 atom stereocenters. The summed E-state index contributed by atoms with van der Waals surface area (Å²) in [5.41, 5.74) is 6.59. The number of hydrogen-bond acceptors (Lipinski definition) is 1. The first-order chi connectivity index (χ1) is 15.5. The van der Waals surface area contributed by atoms with E-state index < -0.39 is 17.4 Å². The van der Waals surface area contributed by atoms with E-state index in [1.54, 1.807) is 0 Å². The monoisotopic (exact) mass is 428 g/mol. The number of benzene rings is 4. The van der Waals surface area contributed by atoms with Crippen LogP contribution in [0, 0.1) is 11.6 Å². The van der Waals surface area contributed by atoms with Gasteiger partial charge in [-0.15, -0.1) is 0 Å². The summed E-state index contributed by atoms with van der Waals surface area (Å²) in [6.07, 6.45) is 2.17. The zero-order chi connectivity index (χ0) is 22.5. The van der Waals surface area contributed by atoms with Crippen molar-refractivity contribution in [3.05, 3.63) is 125 Å². The maximum Gasteiger partial charge on any atom is 0.187 e. The summed E-state index contributed by atoms with van der Waals surface area (Å²) in [6, 6.07) is 29.9. The summed E-state index contributed by atoms with van der Waals surface area (Å²) >= 11 is 0. The van der Waals surface area contributed by atoms with Crippen LogP contribution >= 0.6 is 0 Å². The molecule has 0 heterocycles. The van der Waals surface area contributed by atoms with Gasteiger partial charge in [0.1, 0.15) is 0 Å². The van der Waals surface area contributed by atoms with Gasteiger partial charge in [-0.25, -0.2) is 8.78 Å². The van der Waals surface area contributed by atoms with Crippen LogP contribution in [0.15, 0.2) is 91.0 Å². The molecule has 4 rings (SSSR count). The minimum Gasteiger partial charge on any atom is -0.503 e. The van der Waals surface area contributed by atoms with Crippen LogP contribution in [-0.4, -0.2) is 5.11 Å². The van der Waals surface area contributed by atoms with Crippen molar-refractivity contribution in [2.24, 2.45) is 0 Å². The summed E-state index contributed by atoms with van der Waals surface area (Å²) in [5.74, 6) is -2.29. The van der Waals surface area contributed by atoms with Crippen LogP contribution in [0.5, 0.6) is 5.75 Å². The van der Waals surface area contributed by atoms with E-state index in [-0.39, 0.29) is 0 Å². The van der Waals surface area contributed by atoms with Gasteiger partial charge in [0.2, 0.25) is 0 Å². The van der Waals surface area contributed by atoms with E-state index in [9.17, 15) is 13.9 Å². The third-order valence-corrected chi connectivity index (χ3v) is 5.93. The topological polar surface area (TPSA) is 20.2 Å². The molecule has 0 unspecified atom stereocenters. The summed E-state index contributed by atoms with van der Waals surface area (Å²) in [4.78, 5) is 0.